The van der Waals surface area contributed by atoms with Gasteiger partial charge in [0.15, 0.2) is 11.5 Å². The van der Waals surface area contributed by atoms with Crippen LogP contribution in [0.15, 0.2) is 66.7 Å². The van der Waals surface area contributed by atoms with Gasteiger partial charge < -0.3 is 19.7 Å². The third kappa shape index (κ3) is 5.95. The Labute approximate surface area is 210 Å². The molecule has 4 rings (SSSR count). The number of methoxy groups -OCH3 is 1. The van der Waals surface area contributed by atoms with Crippen LogP contribution in [-0.4, -0.2) is 43.0 Å². The van der Waals surface area contributed by atoms with Crippen molar-refractivity contribution in [3.05, 3.63) is 94.0 Å². The van der Waals surface area contributed by atoms with Crippen molar-refractivity contribution in [1.82, 2.24) is 10.2 Å². The maximum atomic E-state index is 13.1. The molecule has 1 saturated heterocycles. The Morgan fingerprint density at radius 1 is 1.00 bits per heavy atom. The van der Waals surface area contributed by atoms with Gasteiger partial charge in [0.25, 0.3) is 11.8 Å². The number of carbonyl (C=O) groups excluding carboxylic acids is 2. The van der Waals surface area contributed by atoms with E-state index in [4.69, 9.17) is 21.1 Å². The van der Waals surface area contributed by atoms with Crippen molar-refractivity contribution in [3.8, 4) is 11.5 Å². The molecule has 0 unspecified atom stereocenters. The van der Waals surface area contributed by atoms with Crippen LogP contribution in [0.4, 0.5) is 0 Å². The number of benzene rings is 3. The van der Waals surface area contributed by atoms with E-state index < -0.39 is 0 Å². The fourth-order valence-corrected chi connectivity index (χ4v) is 4.38. The van der Waals surface area contributed by atoms with Crippen molar-refractivity contribution in [2.75, 3.05) is 20.2 Å². The first kappa shape index (κ1) is 24.6. The normalized spacial score (nSPS) is 13.9. The van der Waals surface area contributed by atoms with Crippen LogP contribution < -0.4 is 14.8 Å². The van der Waals surface area contributed by atoms with Crippen LogP contribution in [0, 0.1) is 6.92 Å². The van der Waals surface area contributed by atoms with Crippen molar-refractivity contribution >= 4 is 23.4 Å². The van der Waals surface area contributed by atoms with Crippen LogP contribution in [0.25, 0.3) is 0 Å². The topological polar surface area (TPSA) is 67.9 Å². The molecule has 3 aromatic rings. The summed E-state index contributed by atoms with van der Waals surface area (Å²) in [6.07, 6.45) is 1.42. The van der Waals surface area contributed by atoms with Gasteiger partial charge in [-0.25, -0.2) is 0 Å². The van der Waals surface area contributed by atoms with Gasteiger partial charge in [-0.2, -0.15) is 0 Å². The second kappa shape index (κ2) is 11.3. The SMILES string of the molecule is COc1cc(C(=O)N2CCC(NC(=O)c3ccccc3C)CC2)ccc1OCc1ccccc1Cl. The Morgan fingerprint density at radius 2 is 1.71 bits per heavy atom. The number of hydrogen-bond donors (Lipinski definition) is 1. The quantitative estimate of drug-likeness (QED) is 0.488. The molecule has 0 atom stereocenters. The number of amides is 2. The average molecular weight is 493 g/mol. The largest absolute Gasteiger partial charge is 0.493 e. The lowest BCUT2D eigenvalue weighted by molar-refractivity contribution is 0.0697. The lowest BCUT2D eigenvalue weighted by Crippen LogP contribution is -2.46. The Kier molecular flexibility index (Phi) is 7.93. The van der Waals surface area contributed by atoms with E-state index in [-0.39, 0.29) is 17.9 Å². The average Bonchev–Trinajstić information content (AvgIpc) is 2.88. The van der Waals surface area contributed by atoms with Gasteiger partial charge in [0.1, 0.15) is 6.61 Å². The van der Waals surface area contributed by atoms with Gasteiger partial charge >= 0.3 is 0 Å². The highest BCUT2D eigenvalue weighted by Gasteiger charge is 2.26. The maximum absolute atomic E-state index is 13.1. The Hall–Kier alpha value is -3.51. The molecule has 182 valence electrons. The summed E-state index contributed by atoms with van der Waals surface area (Å²) in [5, 5.41) is 3.75. The number of nitrogens with one attached hydrogen (secondary N) is 1. The van der Waals surface area contributed by atoms with Crippen molar-refractivity contribution in [2.24, 2.45) is 0 Å². The summed E-state index contributed by atoms with van der Waals surface area (Å²) in [4.78, 5) is 27.5. The minimum absolute atomic E-state index is 0.0429. The number of likely N-dealkylation sites (tertiary alicyclic amines) is 1. The molecule has 0 spiro atoms. The molecule has 35 heavy (non-hydrogen) atoms. The lowest BCUT2D eigenvalue weighted by atomic mass is 10.0. The van der Waals surface area contributed by atoms with E-state index in [1.165, 1.54) is 0 Å². The molecule has 1 N–H and O–H groups in total. The number of halogens is 1. The van der Waals surface area contributed by atoms with Crippen LogP contribution >= 0.6 is 11.6 Å². The van der Waals surface area contributed by atoms with Gasteiger partial charge in [-0.15, -0.1) is 0 Å². The Morgan fingerprint density at radius 3 is 2.43 bits per heavy atom. The van der Waals surface area contributed by atoms with Crippen molar-refractivity contribution in [3.63, 3.8) is 0 Å². The number of hydrogen-bond acceptors (Lipinski definition) is 4. The number of piperidine rings is 1. The minimum Gasteiger partial charge on any atom is -0.493 e. The molecule has 3 aromatic carbocycles. The minimum atomic E-state index is -0.0652. The number of carbonyl (C=O) groups is 2. The molecule has 0 bridgehead atoms. The molecule has 1 aliphatic rings. The first-order chi connectivity index (χ1) is 17.0. The van der Waals surface area contributed by atoms with E-state index in [2.05, 4.69) is 5.32 Å². The third-order valence-corrected chi connectivity index (χ3v) is 6.63. The zero-order valence-electron chi connectivity index (χ0n) is 19.9. The fourth-order valence-electron chi connectivity index (χ4n) is 4.19. The molecule has 7 heteroatoms. The second-order valence-corrected chi connectivity index (χ2v) is 9.01. The first-order valence-corrected chi connectivity index (χ1v) is 12.0. The Bertz CT molecular complexity index is 1210. The van der Waals surface area contributed by atoms with E-state index >= 15 is 0 Å². The van der Waals surface area contributed by atoms with Gasteiger partial charge in [0.2, 0.25) is 0 Å². The molecule has 1 fully saturated rings. The molecule has 1 heterocycles. The lowest BCUT2D eigenvalue weighted by Gasteiger charge is -2.32. The monoisotopic (exact) mass is 492 g/mol. The second-order valence-electron chi connectivity index (χ2n) is 8.60. The molecular weight excluding hydrogens is 464 g/mol. The number of nitrogens with zero attached hydrogens (tertiary/aromatic N) is 1. The van der Waals surface area contributed by atoms with Gasteiger partial charge in [-0.3, -0.25) is 9.59 Å². The van der Waals surface area contributed by atoms with E-state index in [1.54, 1.807) is 25.3 Å². The van der Waals surface area contributed by atoms with Gasteiger partial charge in [-0.1, -0.05) is 48.0 Å². The predicted molar refractivity (Wildman–Crippen MR) is 136 cm³/mol. The zero-order chi connectivity index (χ0) is 24.8. The molecular formula is C28H29ClN2O4. The first-order valence-electron chi connectivity index (χ1n) is 11.7. The van der Waals surface area contributed by atoms with Crippen LogP contribution in [0.5, 0.6) is 11.5 Å². The highest BCUT2D eigenvalue weighted by Crippen LogP contribution is 2.30. The standard InChI is InChI=1S/C28H29ClN2O4/c1-19-7-3-5-9-23(19)27(32)30-22-13-15-31(16-14-22)28(33)20-11-12-25(26(17-20)34-2)35-18-21-8-4-6-10-24(21)29/h3-12,17,22H,13-16,18H2,1-2H3,(H,30,32). The fraction of sp³-hybridized carbons (Fsp3) is 0.286. The van der Waals surface area contributed by atoms with Crippen molar-refractivity contribution < 1.29 is 19.1 Å². The third-order valence-electron chi connectivity index (χ3n) is 6.26. The molecule has 6 nitrogen and oxygen atoms in total. The summed E-state index contributed by atoms with van der Waals surface area (Å²) >= 11 is 6.21. The molecule has 0 aliphatic carbocycles. The summed E-state index contributed by atoms with van der Waals surface area (Å²) < 4.78 is 11.4. The summed E-state index contributed by atoms with van der Waals surface area (Å²) in [6.45, 7) is 3.37. The van der Waals surface area contributed by atoms with Crippen LogP contribution in [-0.2, 0) is 6.61 Å². The number of ether oxygens (including phenoxy) is 2. The van der Waals surface area contributed by atoms with Crippen LogP contribution in [0.3, 0.4) is 0 Å². The smallest absolute Gasteiger partial charge is 0.253 e. The van der Waals surface area contributed by atoms with E-state index in [0.29, 0.717) is 60.2 Å². The number of rotatable bonds is 7. The Balaban J connectivity index is 1.34. The zero-order valence-corrected chi connectivity index (χ0v) is 20.7. The highest BCUT2D eigenvalue weighted by molar-refractivity contribution is 6.31. The predicted octanol–water partition coefficient (Wildman–Crippen LogP) is 5.27. The van der Waals surface area contributed by atoms with Gasteiger partial charge in [-0.05, 0) is 55.7 Å². The molecule has 1 aliphatic heterocycles. The summed E-state index contributed by atoms with van der Waals surface area (Å²) in [7, 11) is 1.55. The van der Waals surface area contributed by atoms with E-state index in [0.717, 1.165) is 11.1 Å². The summed E-state index contributed by atoms with van der Waals surface area (Å²) in [5.41, 5.74) is 3.05. The van der Waals surface area contributed by atoms with Crippen LogP contribution in [0.1, 0.15) is 44.7 Å². The summed E-state index contributed by atoms with van der Waals surface area (Å²) in [6, 6.07) is 20.3. The molecule has 0 aromatic heterocycles. The van der Waals surface area contributed by atoms with E-state index in [1.807, 2.05) is 60.4 Å². The van der Waals surface area contributed by atoms with E-state index in [9.17, 15) is 9.59 Å². The van der Waals surface area contributed by atoms with Crippen molar-refractivity contribution in [2.45, 2.75) is 32.4 Å². The maximum Gasteiger partial charge on any atom is 0.253 e. The molecule has 2 amide bonds. The summed E-state index contributed by atoms with van der Waals surface area (Å²) in [5.74, 6) is 0.902. The highest BCUT2D eigenvalue weighted by atomic mass is 35.5. The van der Waals surface area contributed by atoms with Crippen molar-refractivity contribution in [1.29, 1.82) is 0 Å². The molecule has 0 saturated carbocycles. The number of aryl methyl sites for hydroxylation is 1. The van der Waals surface area contributed by atoms with Gasteiger partial charge in [0.05, 0.1) is 7.11 Å². The van der Waals surface area contributed by atoms with Gasteiger partial charge in [0, 0.05) is 40.8 Å². The molecule has 0 radical (unpaired) electrons. The van der Waals surface area contributed by atoms with Crippen LogP contribution in [0.2, 0.25) is 5.02 Å².